The maximum absolute atomic E-state index is 3.57. The lowest BCUT2D eigenvalue weighted by Crippen LogP contribution is -2.54. The number of likely N-dealkylation sites (N-methyl/N-ethyl adjacent to an activating group) is 1. The highest BCUT2D eigenvalue weighted by atomic mass is 15.2. The van der Waals surface area contributed by atoms with E-state index in [1.165, 1.54) is 45.2 Å². The van der Waals surface area contributed by atoms with Crippen molar-refractivity contribution >= 4 is 0 Å². The molecule has 3 unspecified atom stereocenters. The molecule has 2 fully saturated rings. The van der Waals surface area contributed by atoms with Gasteiger partial charge in [0.2, 0.25) is 0 Å². The lowest BCUT2D eigenvalue weighted by molar-refractivity contribution is 0.0449. The zero-order chi connectivity index (χ0) is 14.0. The Balaban J connectivity index is 1.92. The van der Waals surface area contributed by atoms with Crippen molar-refractivity contribution in [3.05, 3.63) is 0 Å². The molecule has 2 heteroatoms. The first-order valence-electron chi connectivity index (χ1n) is 8.33. The van der Waals surface area contributed by atoms with Crippen molar-refractivity contribution in [1.29, 1.82) is 0 Å². The van der Waals surface area contributed by atoms with Gasteiger partial charge in [0.05, 0.1) is 0 Å². The third-order valence-electron chi connectivity index (χ3n) is 5.67. The van der Waals surface area contributed by atoms with E-state index in [4.69, 9.17) is 0 Å². The molecular formula is C17H34N2. The number of likely N-dealkylation sites (tertiary alicyclic amines) is 1. The minimum absolute atomic E-state index is 0.494. The molecular weight excluding hydrogens is 232 g/mol. The molecule has 1 saturated heterocycles. The summed E-state index contributed by atoms with van der Waals surface area (Å²) < 4.78 is 0. The normalized spacial score (nSPS) is 35.5. The molecule has 1 heterocycles. The van der Waals surface area contributed by atoms with Crippen LogP contribution in [0.25, 0.3) is 0 Å². The van der Waals surface area contributed by atoms with E-state index >= 15 is 0 Å². The van der Waals surface area contributed by atoms with Gasteiger partial charge in [-0.3, -0.25) is 4.90 Å². The van der Waals surface area contributed by atoms with E-state index in [-0.39, 0.29) is 0 Å². The maximum Gasteiger partial charge on any atom is 0.0251 e. The Morgan fingerprint density at radius 2 is 1.63 bits per heavy atom. The Morgan fingerprint density at radius 3 is 2.16 bits per heavy atom. The van der Waals surface area contributed by atoms with Crippen LogP contribution in [0, 0.1) is 17.3 Å². The molecule has 1 aliphatic heterocycles. The van der Waals surface area contributed by atoms with Crippen molar-refractivity contribution < 1.29 is 0 Å². The fraction of sp³-hybridized carbons (Fsp3) is 1.00. The Morgan fingerprint density at radius 1 is 1.00 bits per heavy atom. The molecule has 0 bridgehead atoms. The van der Waals surface area contributed by atoms with E-state index < -0.39 is 0 Å². The third kappa shape index (κ3) is 3.72. The zero-order valence-corrected chi connectivity index (χ0v) is 13.7. The average molecular weight is 266 g/mol. The minimum atomic E-state index is 0.494. The summed E-state index contributed by atoms with van der Waals surface area (Å²) in [6.45, 7) is 12.3. The molecule has 0 spiro atoms. The second kappa shape index (κ2) is 6.13. The number of nitrogens with zero attached hydrogens (tertiary/aromatic N) is 1. The molecule has 0 aromatic carbocycles. The molecule has 0 amide bonds. The smallest absolute Gasteiger partial charge is 0.0251 e. The van der Waals surface area contributed by atoms with Crippen molar-refractivity contribution in [3.8, 4) is 0 Å². The van der Waals surface area contributed by atoms with Crippen LogP contribution in [0.5, 0.6) is 0 Å². The van der Waals surface area contributed by atoms with Crippen LogP contribution in [0.1, 0.15) is 59.8 Å². The topological polar surface area (TPSA) is 15.3 Å². The van der Waals surface area contributed by atoms with Gasteiger partial charge in [0, 0.05) is 12.1 Å². The first-order chi connectivity index (χ1) is 8.91. The van der Waals surface area contributed by atoms with Gasteiger partial charge in [-0.05, 0) is 69.5 Å². The van der Waals surface area contributed by atoms with Crippen molar-refractivity contribution in [1.82, 2.24) is 10.2 Å². The van der Waals surface area contributed by atoms with E-state index in [9.17, 15) is 0 Å². The van der Waals surface area contributed by atoms with E-state index in [0.717, 1.165) is 23.9 Å². The first-order valence-corrected chi connectivity index (χ1v) is 8.33. The summed E-state index contributed by atoms with van der Waals surface area (Å²) >= 11 is 0. The zero-order valence-electron chi connectivity index (χ0n) is 13.7. The molecule has 1 saturated carbocycles. The summed E-state index contributed by atoms with van der Waals surface area (Å²) in [4.78, 5) is 2.79. The molecule has 2 rings (SSSR count). The molecule has 2 nitrogen and oxygen atoms in total. The molecule has 19 heavy (non-hydrogen) atoms. The number of hydrogen-bond acceptors (Lipinski definition) is 2. The summed E-state index contributed by atoms with van der Waals surface area (Å²) in [5.74, 6) is 1.83. The van der Waals surface area contributed by atoms with Gasteiger partial charge >= 0.3 is 0 Å². The highest BCUT2D eigenvalue weighted by Crippen LogP contribution is 2.36. The quantitative estimate of drug-likeness (QED) is 0.822. The standard InChI is InChI=1S/C17H34N2/c1-13-6-7-15(18-5)16(12-13)19-10-8-14(9-11-19)17(2,3)4/h13-16,18H,6-12H2,1-5H3. The van der Waals surface area contributed by atoms with Crippen LogP contribution in [0.4, 0.5) is 0 Å². The van der Waals surface area contributed by atoms with E-state index in [1.807, 2.05) is 0 Å². The van der Waals surface area contributed by atoms with Gasteiger partial charge in [0.15, 0.2) is 0 Å². The summed E-state index contributed by atoms with van der Waals surface area (Å²) in [6.07, 6.45) is 6.95. The fourth-order valence-electron chi connectivity index (χ4n) is 4.19. The number of rotatable bonds is 2. The van der Waals surface area contributed by atoms with E-state index in [0.29, 0.717) is 5.41 Å². The van der Waals surface area contributed by atoms with Crippen LogP contribution >= 0.6 is 0 Å². The van der Waals surface area contributed by atoms with Crippen molar-refractivity contribution in [2.24, 2.45) is 17.3 Å². The Kier molecular flexibility index (Phi) is 4.94. The van der Waals surface area contributed by atoms with Crippen LogP contribution < -0.4 is 5.32 Å². The van der Waals surface area contributed by atoms with Crippen LogP contribution in [-0.4, -0.2) is 37.1 Å². The number of hydrogen-bond donors (Lipinski definition) is 1. The van der Waals surface area contributed by atoms with E-state index in [2.05, 4.69) is 45.0 Å². The van der Waals surface area contributed by atoms with Crippen molar-refractivity contribution in [3.63, 3.8) is 0 Å². The minimum Gasteiger partial charge on any atom is -0.315 e. The molecule has 3 atom stereocenters. The Labute approximate surface area is 120 Å². The van der Waals surface area contributed by atoms with Crippen LogP contribution in [0.2, 0.25) is 0 Å². The number of nitrogens with one attached hydrogen (secondary N) is 1. The van der Waals surface area contributed by atoms with Gasteiger partial charge in [-0.1, -0.05) is 27.7 Å². The summed E-state index contributed by atoms with van der Waals surface area (Å²) in [5, 5.41) is 3.57. The van der Waals surface area contributed by atoms with Gasteiger partial charge in [-0.15, -0.1) is 0 Å². The predicted molar refractivity (Wildman–Crippen MR) is 83.4 cm³/mol. The fourth-order valence-corrected chi connectivity index (χ4v) is 4.19. The molecule has 0 aromatic rings. The van der Waals surface area contributed by atoms with Gasteiger partial charge in [0.25, 0.3) is 0 Å². The molecule has 112 valence electrons. The summed E-state index contributed by atoms with van der Waals surface area (Å²) in [5.41, 5.74) is 0.494. The van der Waals surface area contributed by atoms with Crippen molar-refractivity contribution in [2.45, 2.75) is 71.9 Å². The van der Waals surface area contributed by atoms with Crippen molar-refractivity contribution in [2.75, 3.05) is 20.1 Å². The molecule has 2 aliphatic rings. The average Bonchev–Trinajstić information content (AvgIpc) is 2.38. The molecule has 0 aromatic heterocycles. The lowest BCUT2D eigenvalue weighted by atomic mass is 9.74. The highest BCUT2D eigenvalue weighted by Gasteiger charge is 2.36. The van der Waals surface area contributed by atoms with Gasteiger partial charge in [0.1, 0.15) is 0 Å². The molecule has 1 N–H and O–H groups in total. The van der Waals surface area contributed by atoms with Crippen LogP contribution in [0.3, 0.4) is 0 Å². The van der Waals surface area contributed by atoms with Gasteiger partial charge in [-0.2, -0.15) is 0 Å². The van der Waals surface area contributed by atoms with Gasteiger partial charge in [-0.25, -0.2) is 0 Å². The Bertz CT molecular complexity index is 273. The maximum atomic E-state index is 3.57. The lowest BCUT2D eigenvalue weighted by Gasteiger charge is -2.46. The van der Waals surface area contributed by atoms with Gasteiger partial charge < -0.3 is 5.32 Å². The molecule has 1 aliphatic carbocycles. The van der Waals surface area contributed by atoms with E-state index in [1.54, 1.807) is 0 Å². The highest BCUT2D eigenvalue weighted by molar-refractivity contribution is 4.92. The molecule has 0 radical (unpaired) electrons. The summed E-state index contributed by atoms with van der Waals surface area (Å²) in [7, 11) is 2.15. The largest absolute Gasteiger partial charge is 0.315 e. The summed E-state index contributed by atoms with van der Waals surface area (Å²) in [6, 6.07) is 1.51. The second-order valence-electron chi connectivity index (χ2n) is 8.06. The van der Waals surface area contributed by atoms with Crippen LogP contribution in [-0.2, 0) is 0 Å². The first kappa shape index (κ1) is 15.3. The predicted octanol–water partition coefficient (Wildman–Crippen LogP) is 3.52. The second-order valence-corrected chi connectivity index (χ2v) is 8.06. The van der Waals surface area contributed by atoms with Crippen LogP contribution in [0.15, 0.2) is 0 Å². The monoisotopic (exact) mass is 266 g/mol. The third-order valence-corrected chi connectivity index (χ3v) is 5.67. The Hall–Kier alpha value is -0.0800. The SMILES string of the molecule is CNC1CCC(C)CC1N1CCC(C(C)(C)C)CC1. The number of piperidine rings is 1.